The standard InChI is InChI=1S/C17H34N4/c1-14-11-17(12-18,13-21(14)15-5-6-15)20-9-7-19(8-10-20)16(2,3)4/h14-15H,5-13,18H2,1-4H3. The van der Waals surface area contributed by atoms with Crippen LogP contribution < -0.4 is 5.73 Å². The molecule has 2 heterocycles. The summed E-state index contributed by atoms with van der Waals surface area (Å²) in [6.07, 6.45) is 4.07. The first-order valence-corrected chi connectivity index (χ1v) is 8.82. The molecular weight excluding hydrogens is 260 g/mol. The number of likely N-dealkylation sites (tertiary alicyclic amines) is 1. The van der Waals surface area contributed by atoms with E-state index in [2.05, 4.69) is 42.4 Å². The molecule has 0 spiro atoms. The van der Waals surface area contributed by atoms with Gasteiger partial charge in [0.25, 0.3) is 0 Å². The zero-order valence-electron chi connectivity index (χ0n) is 14.4. The van der Waals surface area contributed by atoms with Crippen LogP contribution in [0.2, 0.25) is 0 Å². The van der Waals surface area contributed by atoms with E-state index in [1.54, 1.807) is 0 Å². The molecule has 2 aliphatic heterocycles. The second-order valence-electron chi connectivity index (χ2n) is 8.53. The van der Waals surface area contributed by atoms with Gasteiger partial charge in [-0.1, -0.05) is 0 Å². The first-order chi connectivity index (χ1) is 9.86. The van der Waals surface area contributed by atoms with Crippen molar-refractivity contribution in [2.24, 2.45) is 5.73 Å². The molecule has 2 N–H and O–H groups in total. The highest BCUT2D eigenvalue weighted by Gasteiger charge is 2.49. The lowest BCUT2D eigenvalue weighted by atomic mass is 9.92. The molecule has 3 aliphatic rings. The van der Waals surface area contributed by atoms with Crippen molar-refractivity contribution in [1.82, 2.24) is 14.7 Å². The normalized spacial score (nSPS) is 37.3. The highest BCUT2D eigenvalue weighted by atomic mass is 15.4. The van der Waals surface area contributed by atoms with E-state index in [1.807, 2.05) is 0 Å². The molecule has 21 heavy (non-hydrogen) atoms. The molecule has 2 unspecified atom stereocenters. The van der Waals surface area contributed by atoms with Gasteiger partial charge in [0.15, 0.2) is 0 Å². The Labute approximate surface area is 130 Å². The summed E-state index contributed by atoms with van der Waals surface area (Å²) >= 11 is 0. The van der Waals surface area contributed by atoms with E-state index < -0.39 is 0 Å². The molecule has 0 aromatic rings. The third-order valence-electron chi connectivity index (χ3n) is 6.01. The van der Waals surface area contributed by atoms with E-state index in [0.29, 0.717) is 11.6 Å². The molecule has 0 amide bonds. The van der Waals surface area contributed by atoms with Crippen LogP contribution in [-0.4, -0.2) is 77.1 Å². The van der Waals surface area contributed by atoms with Gasteiger partial charge in [-0.05, 0) is 47.0 Å². The summed E-state index contributed by atoms with van der Waals surface area (Å²) in [4.78, 5) is 8.07. The largest absolute Gasteiger partial charge is 0.329 e. The highest BCUT2D eigenvalue weighted by molar-refractivity contribution is 5.07. The van der Waals surface area contributed by atoms with E-state index in [9.17, 15) is 0 Å². The predicted octanol–water partition coefficient (Wildman–Crippen LogP) is 1.36. The minimum atomic E-state index is 0.242. The Morgan fingerprint density at radius 1 is 1.10 bits per heavy atom. The van der Waals surface area contributed by atoms with Gasteiger partial charge in [0.05, 0.1) is 0 Å². The van der Waals surface area contributed by atoms with Gasteiger partial charge in [-0.2, -0.15) is 0 Å². The first kappa shape index (κ1) is 15.7. The lowest BCUT2D eigenvalue weighted by Crippen LogP contribution is -2.63. The summed E-state index contributed by atoms with van der Waals surface area (Å²) < 4.78 is 0. The first-order valence-electron chi connectivity index (χ1n) is 8.82. The third kappa shape index (κ3) is 3.00. The fourth-order valence-electron chi connectivity index (χ4n) is 4.48. The number of nitrogens with zero attached hydrogens (tertiary/aromatic N) is 3. The minimum Gasteiger partial charge on any atom is -0.329 e. The van der Waals surface area contributed by atoms with Crippen molar-refractivity contribution in [3.8, 4) is 0 Å². The Morgan fingerprint density at radius 2 is 1.71 bits per heavy atom. The molecule has 4 nitrogen and oxygen atoms in total. The fraction of sp³-hybridized carbons (Fsp3) is 1.00. The van der Waals surface area contributed by atoms with Crippen molar-refractivity contribution in [3.63, 3.8) is 0 Å². The summed E-state index contributed by atoms with van der Waals surface area (Å²) in [5.74, 6) is 0. The molecule has 0 aromatic carbocycles. The molecule has 3 rings (SSSR count). The van der Waals surface area contributed by atoms with Crippen LogP contribution in [0.3, 0.4) is 0 Å². The maximum Gasteiger partial charge on any atom is 0.0474 e. The van der Waals surface area contributed by atoms with Crippen LogP contribution in [0.5, 0.6) is 0 Å². The average molecular weight is 294 g/mol. The van der Waals surface area contributed by atoms with Crippen LogP contribution in [0.4, 0.5) is 0 Å². The van der Waals surface area contributed by atoms with Gasteiger partial charge in [-0.15, -0.1) is 0 Å². The van der Waals surface area contributed by atoms with Gasteiger partial charge in [0, 0.05) is 62.4 Å². The van der Waals surface area contributed by atoms with Crippen LogP contribution in [0, 0.1) is 0 Å². The van der Waals surface area contributed by atoms with Crippen LogP contribution in [0.1, 0.15) is 47.0 Å². The molecule has 4 heteroatoms. The zero-order chi connectivity index (χ0) is 15.3. The van der Waals surface area contributed by atoms with E-state index in [1.165, 1.54) is 52.0 Å². The Hall–Kier alpha value is -0.160. The van der Waals surface area contributed by atoms with Crippen LogP contribution in [0.15, 0.2) is 0 Å². The summed E-state index contributed by atoms with van der Waals surface area (Å²) in [7, 11) is 0. The minimum absolute atomic E-state index is 0.242. The number of hydrogen-bond donors (Lipinski definition) is 1. The topological polar surface area (TPSA) is 35.7 Å². The Kier molecular flexibility index (Phi) is 4.11. The number of rotatable bonds is 3. The van der Waals surface area contributed by atoms with Crippen molar-refractivity contribution in [2.45, 2.75) is 70.1 Å². The summed E-state index contributed by atoms with van der Waals surface area (Å²) in [5.41, 5.74) is 6.82. The maximum absolute atomic E-state index is 6.28. The van der Waals surface area contributed by atoms with Gasteiger partial charge < -0.3 is 5.73 Å². The Morgan fingerprint density at radius 3 is 2.19 bits per heavy atom. The Bertz CT molecular complexity index is 365. The molecule has 0 aromatic heterocycles. The second kappa shape index (κ2) is 5.48. The molecule has 3 fully saturated rings. The van der Waals surface area contributed by atoms with Crippen LogP contribution in [0.25, 0.3) is 0 Å². The van der Waals surface area contributed by atoms with Crippen molar-refractivity contribution in [3.05, 3.63) is 0 Å². The number of piperazine rings is 1. The molecular formula is C17H34N4. The zero-order valence-corrected chi connectivity index (χ0v) is 14.4. The molecule has 2 saturated heterocycles. The lowest BCUT2D eigenvalue weighted by molar-refractivity contribution is 0.00714. The van der Waals surface area contributed by atoms with Crippen molar-refractivity contribution in [1.29, 1.82) is 0 Å². The maximum atomic E-state index is 6.28. The summed E-state index contributed by atoms with van der Waals surface area (Å²) in [6.45, 7) is 16.1. The van der Waals surface area contributed by atoms with Crippen LogP contribution >= 0.6 is 0 Å². The fourth-order valence-corrected chi connectivity index (χ4v) is 4.48. The van der Waals surface area contributed by atoms with Gasteiger partial charge in [-0.25, -0.2) is 0 Å². The van der Waals surface area contributed by atoms with Crippen molar-refractivity contribution in [2.75, 3.05) is 39.3 Å². The lowest BCUT2D eigenvalue weighted by Gasteiger charge is -2.48. The van der Waals surface area contributed by atoms with E-state index in [4.69, 9.17) is 5.73 Å². The molecule has 2 atom stereocenters. The van der Waals surface area contributed by atoms with Crippen LogP contribution in [-0.2, 0) is 0 Å². The second-order valence-corrected chi connectivity index (χ2v) is 8.53. The smallest absolute Gasteiger partial charge is 0.0474 e. The van der Waals surface area contributed by atoms with Gasteiger partial charge in [-0.3, -0.25) is 14.7 Å². The number of hydrogen-bond acceptors (Lipinski definition) is 4. The summed E-state index contributed by atoms with van der Waals surface area (Å²) in [5, 5.41) is 0. The van der Waals surface area contributed by atoms with E-state index in [-0.39, 0.29) is 5.54 Å². The summed E-state index contributed by atoms with van der Waals surface area (Å²) in [6, 6.07) is 1.57. The molecule has 122 valence electrons. The quantitative estimate of drug-likeness (QED) is 0.852. The number of nitrogens with two attached hydrogens (primary N) is 1. The monoisotopic (exact) mass is 294 g/mol. The predicted molar refractivity (Wildman–Crippen MR) is 88.5 cm³/mol. The van der Waals surface area contributed by atoms with Crippen molar-refractivity contribution >= 4 is 0 Å². The molecule has 0 radical (unpaired) electrons. The Balaban J connectivity index is 1.65. The van der Waals surface area contributed by atoms with E-state index >= 15 is 0 Å². The molecule has 0 bridgehead atoms. The van der Waals surface area contributed by atoms with Gasteiger partial charge >= 0.3 is 0 Å². The third-order valence-corrected chi connectivity index (χ3v) is 6.01. The van der Waals surface area contributed by atoms with Gasteiger partial charge in [0.1, 0.15) is 0 Å². The van der Waals surface area contributed by atoms with Crippen molar-refractivity contribution < 1.29 is 0 Å². The van der Waals surface area contributed by atoms with E-state index in [0.717, 1.165) is 12.6 Å². The SMILES string of the molecule is CC1CC(CN)(N2CCN(C(C)(C)C)CC2)CN1C1CC1. The molecule has 1 saturated carbocycles. The average Bonchev–Trinajstić information content (AvgIpc) is 3.22. The highest BCUT2D eigenvalue weighted by Crippen LogP contribution is 2.39. The van der Waals surface area contributed by atoms with Gasteiger partial charge in [0.2, 0.25) is 0 Å². The molecule has 1 aliphatic carbocycles.